The fourth-order valence-electron chi connectivity index (χ4n) is 2.51. The van der Waals surface area contributed by atoms with E-state index in [0.29, 0.717) is 43.6 Å². The molecule has 0 atom stereocenters. The molecule has 0 saturated carbocycles. The van der Waals surface area contributed by atoms with E-state index >= 15 is 0 Å². The highest BCUT2D eigenvalue weighted by molar-refractivity contribution is 5.94. The van der Waals surface area contributed by atoms with Crippen LogP contribution in [0.2, 0.25) is 0 Å². The van der Waals surface area contributed by atoms with Crippen molar-refractivity contribution in [2.45, 2.75) is 0 Å². The Kier molecular flexibility index (Phi) is 4.36. The minimum atomic E-state index is -0.403. The smallest absolute Gasteiger partial charge is 0.254 e. The van der Waals surface area contributed by atoms with Crippen molar-refractivity contribution in [3.05, 3.63) is 47.9 Å². The van der Waals surface area contributed by atoms with Crippen LogP contribution in [0.3, 0.4) is 0 Å². The number of amides is 1. The quantitative estimate of drug-likeness (QED) is 0.860. The normalized spacial score (nSPS) is 14.7. The second-order valence-corrected chi connectivity index (χ2v) is 5.19. The molecule has 0 aliphatic carbocycles. The predicted octanol–water partition coefficient (Wildman–Crippen LogP) is 1.59. The van der Waals surface area contributed by atoms with Gasteiger partial charge in [-0.15, -0.1) is 0 Å². The predicted molar refractivity (Wildman–Crippen MR) is 83.1 cm³/mol. The van der Waals surface area contributed by atoms with Crippen molar-refractivity contribution in [2.75, 3.05) is 38.2 Å². The van der Waals surface area contributed by atoms with Crippen LogP contribution in [0.5, 0.6) is 5.88 Å². The summed E-state index contributed by atoms with van der Waals surface area (Å²) in [6.07, 6.45) is 1.64. The number of carbonyl (C=O) groups is 1. The Balaban J connectivity index is 1.65. The minimum Gasteiger partial charge on any atom is -0.481 e. The summed E-state index contributed by atoms with van der Waals surface area (Å²) in [4.78, 5) is 24.6. The van der Waals surface area contributed by atoms with Crippen LogP contribution in [0.25, 0.3) is 0 Å². The molecule has 0 N–H and O–H groups in total. The average Bonchev–Trinajstić information content (AvgIpc) is 2.61. The number of hydrogen-bond donors (Lipinski definition) is 0. The number of aromatic nitrogens is 2. The number of anilines is 1. The Morgan fingerprint density at radius 3 is 2.70 bits per heavy atom. The lowest BCUT2D eigenvalue weighted by atomic mass is 10.2. The van der Waals surface area contributed by atoms with Gasteiger partial charge < -0.3 is 14.5 Å². The van der Waals surface area contributed by atoms with Crippen LogP contribution in [0.4, 0.5) is 10.3 Å². The van der Waals surface area contributed by atoms with Crippen LogP contribution < -0.4 is 9.64 Å². The fourth-order valence-corrected chi connectivity index (χ4v) is 2.51. The van der Waals surface area contributed by atoms with Gasteiger partial charge in [0.15, 0.2) is 0 Å². The average molecular weight is 316 g/mol. The van der Waals surface area contributed by atoms with Crippen molar-refractivity contribution in [3.63, 3.8) is 0 Å². The molecule has 1 amide bonds. The maximum atomic E-state index is 13.2. The van der Waals surface area contributed by atoms with E-state index < -0.39 is 5.82 Å². The van der Waals surface area contributed by atoms with E-state index in [-0.39, 0.29) is 5.91 Å². The topological polar surface area (TPSA) is 58.6 Å². The highest BCUT2D eigenvalue weighted by Crippen LogP contribution is 2.16. The van der Waals surface area contributed by atoms with Gasteiger partial charge in [0.1, 0.15) is 5.82 Å². The summed E-state index contributed by atoms with van der Waals surface area (Å²) in [5.74, 6) is 0.533. The summed E-state index contributed by atoms with van der Waals surface area (Å²) in [6.45, 7) is 2.31. The first-order valence-corrected chi connectivity index (χ1v) is 7.34. The molecule has 0 spiro atoms. The van der Waals surface area contributed by atoms with Crippen molar-refractivity contribution in [2.24, 2.45) is 0 Å². The first-order chi connectivity index (χ1) is 11.2. The third-order valence-electron chi connectivity index (χ3n) is 3.75. The summed E-state index contributed by atoms with van der Waals surface area (Å²) >= 11 is 0. The largest absolute Gasteiger partial charge is 0.481 e. The molecule has 6 nitrogen and oxygen atoms in total. The van der Waals surface area contributed by atoms with E-state index in [1.165, 1.54) is 12.1 Å². The van der Waals surface area contributed by atoms with Crippen LogP contribution in [0.1, 0.15) is 10.4 Å². The number of rotatable bonds is 3. The van der Waals surface area contributed by atoms with Gasteiger partial charge >= 0.3 is 0 Å². The fraction of sp³-hybridized carbons (Fsp3) is 0.312. The van der Waals surface area contributed by atoms with Crippen molar-refractivity contribution < 1.29 is 13.9 Å². The number of benzene rings is 1. The van der Waals surface area contributed by atoms with Gasteiger partial charge in [-0.05, 0) is 18.2 Å². The van der Waals surface area contributed by atoms with Gasteiger partial charge in [-0.1, -0.05) is 6.07 Å². The summed E-state index contributed by atoms with van der Waals surface area (Å²) in [5, 5.41) is 0. The molecule has 1 fully saturated rings. The summed E-state index contributed by atoms with van der Waals surface area (Å²) < 4.78 is 18.3. The van der Waals surface area contributed by atoms with Gasteiger partial charge in [-0.3, -0.25) is 4.79 Å². The van der Waals surface area contributed by atoms with E-state index in [1.807, 2.05) is 4.90 Å². The molecule has 120 valence electrons. The number of hydrogen-bond acceptors (Lipinski definition) is 5. The van der Waals surface area contributed by atoms with E-state index in [9.17, 15) is 9.18 Å². The molecule has 1 aromatic heterocycles. The molecule has 7 heteroatoms. The SMILES string of the molecule is COc1ccnc(N2CCN(C(=O)c3cccc(F)c3)CC2)n1. The lowest BCUT2D eigenvalue weighted by Gasteiger charge is -2.34. The van der Waals surface area contributed by atoms with Crippen LogP contribution in [0.15, 0.2) is 36.5 Å². The van der Waals surface area contributed by atoms with Crippen LogP contribution in [0, 0.1) is 5.82 Å². The molecule has 1 aliphatic heterocycles. The molecule has 1 saturated heterocycles. The van der Waals surface area contributed by atoms with E-state index in [4.69, 9.17) is 4.74 Å². The second-order valence-electron chi connectivity index (χ2n) is 5.19. The van der Waals surface area contributed by atoms with Gasteiger partial charge in [-0.2, -0.15) is 4.98 Å². The Morgan fingerprint density at radius 1 is 1.22 bits per heavy atom. The van der Waals surface area contributed by atoms with Gasteiger partial charge in [0.2, 0.25) is 11.8 Å². The Bertz CT molecular complexity index is 702. The first kappa shape index (κ1) is 15.2. The van der Waals surface area contributed by atoms with Crippen LogP contribution in [-0.2, 0) is 0 Å². The molecule has 1 aromatic carbocycles. The standard InChI is InChI=1S/C16H17FN4O2/c1-23-14-5-6-18-16(19-14)21-9-7-20(8-10-21)15(22)12-3-2-4-13(17)11-12/h2-6,11H,7-10H2,1H3. The Labute approximate surface area is 133 Å². The van der Waals surface area contributed by atoms with E-state index in [2.05, 4.69) is 9.97 Å². The molecule has 2 aromatic rings. The summed E-state index contributed by atoms with van der Waals surface area (Å²) in [6, 6.07) is 7.45. The zero-order valence-electron chi connectivity index (χ0n) is 12.8. The van der Waals surface area contributed by atoms with Gasteiger partial charge in [-0.25, -0.2) is 9.37 Å². The molecule has 3 rings (SSSR count). The lowest BCUT2D eigenvalue weighted by molar-refractivity contribution is 0.0745. The Morgan fingerprint density at radius 2 is 2.00 bits per heavy atom. The summed E-state index contributed by atoms with van der Waals surface area (Å²) in [5.41, 5.74) is 0.371. The number of halogens is 1. The van der Waals surface area contributed by atoms with Gasteiger partial charge in [0.05, 0.1) is 7.11 Å². The van der Waals surface area contributed by atoms with Crippen LogP contribution in [-0.4, -0.2) is 54.1 Å². The maximum Gasteiger partial charge on any atom is 0.254 e. The minimum absolute atomic E-state index is 0.157. The molecule has 2 heterocycles. The third kappa shape index (κ3) is 3.39. The van der Waals surface area contributed by atoms with Gasteiger partial charge in [0.25, 0.3) is 5.91 Å². The van der Waals surface area contributed by atoms with Crippen molar-refractivity contribution >= 4 is 11.9 Å². The number of methoxy groups -OCH3 is 1. The molecule has 1 aliphatic rings. The molecule has 0 unspecified atom stereocenters. The molecular weight excluding hydrogens is 299 g/mol. The number of carbonyl (C=O) groups excluding carboxylic acids is 1. The maximum absolute atomic E-state index is 13.2. The molecule has 0 radical (unpaired) electrons. The van der Waals surface area contributed by atoms with Gasteiger partial charge in [0, 0.05) is 44.0 Å². The number of nitrogens with zero attached hydrogens (tertiary/aromatic N) is 4. The number of piperazine rings is 1. The lowest BCUT2D eigenvalue weighted by Crippen LogP contribution is -2.49. The highest BCUT2D eigenvalue weighted by Gasteiger charge is 2.23. The highest BCUT2D eigenvalue weighted by atomic mass is 19.1. The Hall–Kier alpha value is -2.70. The number of ether oxygens (including phenoxy) is 1. The zero-order chi connectivity index (χ0) is 16.2. The van der Waals surface area contributed by atoms with Crippen molar-refractivity contribution in [1.29, 1.82) is 0 Å². The third-order valence-corrected chi connectivity index (χ3v) is 3.75. The van der Waals surface area contributed by atoms with Crippen molar-refractivity contribution in [1.82, 2.24) is 14.9 Å². The zero-order valence-corrected chi connectivity index (χ0v) is 12.8. The monoisotopic (exact) mass is 316 g/mol. The van der Waals surface area contributed by atoms with Crippen LogP contribution >= 0.6 is 0 Å². The first-order valence-electron chi connectivity index (χ1n) is 7.34. The second kappa shape index (κ2) is 6.60. The summed E-state index contributed by atoms with van der Waals surface area (Å²) in [7, 11) is 1.56. The molecule has 23 heavy (non-hydrogen) atoms. The van der Waals surface area contributed by atoms with Crippen molar-refractivity contribution in [3.8, 4) is 5.88 Å². The molecular formula is C16H17FN4O2. The van der Waals surface area contributed by atoms with E-state index in [0.717, 1.165) is 0 Å². The molecule has 0 bridgehead atoms. The van der Waals surface area contributed by atoms with E-state index in [1.54, 1.807) is 36.4 Å².